The van der Waals surface area contributed by atoms with Crippen LogP contribution in [0.25, 0.3) is 0 Å². The Morgan fingerprint density at radius 1 is 1.20 bits per heavy atom. The fourth-order valence-corrected chi connectivity index (χ4v) is 2.60. The first-order valence-corrected chi connectivity index (χ1v) is 7.93. The largest absolute Gasteiger partial charge is 0.382 e. The molecule has 0 aromatic carbocycles. The van der Waals surface area contributed by atoms with E-state index in [4.69, 9.17) is 9.47 Å². The maximum absolute atomic E-state index is 12.3. The Morgan fingerprint density at radius 3 is 2.80 bits per heavy atom. The molecule has 1 amide bonds. The SMILES string of the molecule is COCCOCCCCN1CCCC(NC2CC2)C1=O. The minimum atomic E-state index is 0.0780. The lowest BCUT2D eigenvalue weighted by Gasteiger charge is -2.33. The van der Waals surface area contributed by atoms with Gasteiger partial charge in [0.1, 0.15) is 0 Å². The molecular formula is C15H28N2O3. The molecule has 1 atom stereocenters. The summed E-state index contributed by atoms with van der Waals surface area (Å²) < 4.78 is 10.4. The number of methoxy groups -OCH3 is 1. The molecule has 116 valence electrons. The van der Waals surface area contributed by atoms with Gasteiger partial charge >= 0.3 is 0 Å². The topological polar surface area (TPSA) is 50.8 Å². The second-order valence-electron chi connectivity index (χ2n) is 5.77. The Kier molecular flexibility index (Phi) is 6.76. The Balaban J connectivity index is 1.56. The number of nitrogens with one attached hydrogen (secondary N) is 1. The third kappa shape index (κ3) is 5.38. The molecule has 0 aromatic rings. The van der Waals surface area contributed by atoms with Gasteiger partial charge in [0, 0.05) is 32.8 Å². The smallest absolute Gasteiger partial charge is 0.239 e. The maximum atomic E-state index is 12.3. The first-order chi connectivity index (χ1) is 9.81. The van der Waals surface area contributed by atoms with Crippen LogP contribution >= 0.6 is 0 Å². The van der Waals surface area contributed by atoms with Crippen LogP contribution in [-0.4, -0.2) is 62.9 Å². The van der Waals surface area contributed by atoms with Crippen molar-refractivity contribution in [3.05, 3.63) is 0 Å². The minimum Gasteiger partial charge on any atom is -0.382 e. The van der Waals surface area contributed by atoms with Crippen molar-refractivity contribution in [1.82, 2.24) is 10.2 Å². The van der Waals surface area contributed by atoms with Crippen LogP contribution in [0.1, 0.15) is 38.5 Å². The Morgan fingerprint density at radius 2 is 2.05 bits per heavy atom. The zero-order chi connectivity index (χ0) is 14.2. The maximum Gasteiger partial charge on any atom is 0.239 e. The lowest BCUT2D eigenvalue weighted by atomic mass is 10.0. The predicted molar refractivity (Wildman–Crippen MR) is 77.7 cm³/mol. The monoisotopic (exact) mass is 284 g/mol. The van der Waals surface area contributed by atoms with Gasteiger partial charge in [-0.1, -0.05) is 0 Å². The average molecular weight is 284 g/mol. The zero-order valence-electron chi connectivity index (χ0n) is 12.6. The number of carbonyl (C=O) groups excluding carboxylic acids is 1. The molecule has 2 aliphatic rings. The van der Waals surface area contributed by atoms with E-state index in [1.54, 1.807) is 7.11 Å². The Hall–Kier alpha value is -0.650. The molecule has 1 saturated carbocycles. The van der Waals surface area contributed by atoms with Gasteiger partial charge in [-0.3, -0.25) is 4.79 Å². The Bertz CT molecular complexity index is 295. The molecule has 0 aromatic heterocycles. The summed E-state index contributed by atoms with van der Waals surface area (Å²) in [4.78, 5) is 14.3. The number of hydrogen-bond donors (Lipinski definition) is 1. The van der Waals surface area contributed by atoms with Gasteiger partial charge < -0.3 is 19.7 Å². The summed E-state index contributed by atoms with van der Waals surface area (Å²) in [5, 5.41) is 3.47. The van der Waals surface area contributed by atoms with Gasteiger partial charge in [0.25, 0.3) is 0 Å². The summed E-state index contributed by atoms with van der Waals surface area (Å²) in [6.45, 7) is 3.86. The molecule has 1 N–H and O–H groups in total. The van der Waals surface area contributed by atoms with Gasteiger partial charge in [0.15, 0.2) is 0 Å². The van der Waals surface area contributed by atoms with Crippen LogP contribution in [-0.2, 0) is 14.3 Å². The molecule has 1 aliphatic heterocycles. The molecule has 0 radical (unpaired) electrons. The highest BCUT2D eigenvalue weighted by Gasteiger charge is 2.32. The van der Waals surface area contributed by atoms with Crippen LogP contribution in [0.2, 0.25) is 0 Å². The quantitative estimate of drug-likeness (QED) is 0.612. The molecule has 1 heterocycles. The van der Waals surface area contributed by atoms with E-state index in [2.05, 4.69) is 5.32 Å². The normalized spacial score (nSPS) is 23.4. The van der Waals surface area contributed by atoms with Gasteiger partial charge in [-0.05, 0) is 38.5 Å². The van der Waals surface area contributed by atoms with Crippen LogP contribution in [0.4, 0.5) is 0 Å². The molecule has 0 bridgehead atoms. The molecule has 1 unspecified atom stereocenters. The van der Waals surface area contributed by atoms with Crippen molar-refractivity contribution in [1.29, 1.82) is 0 Å². The zero-order valence-corrected chi connectivity index (χ0v) is 12.6. The molecule has 2 rings (SSSR count). The molecule has 1 aliphatic carbocycles. The fourth-order valence-electron chi connectivity index (χ4n) is 2.60. The van der Waals surface area contributed by atoms with Gasteiger partial charge in [-0.2, -0.15) is 0 Å². The number of amides is 1. The van der Waals surface area contributed by atoms with Crippen molar-refractivity contribution < 1.29 is 14.3 Å². The lowest BCUT2D eigenvalue weighted by Crippen LogP contribution is -2.51. The Labute approximate surface area is 122 Å². The second kappa shape index (κ2) is 8.60. The summed E-state index contributed by atoms with van der Waals surface area (Å²) in [6.07, 6.45) is 6.64. The van der Waals surface area contributed by atoms with Crippen molar-refractivity contribution in [3.63, 3.8) is 0 Å². The van der Waals surface area contributed by atoms with Gasteiger partial charge in [0.05, 0.1) is 19.3 Å². The molecule has 5 nitrogen and oxygen atoms in total. The fraction of sp³-hybridized carbons (Fsp3) is 0.933. The van der Waals surface area contributed by atoms with Crippen LogP contribution in [0.3, 0.4) is 0 Å². The number of carbonyl (C=O) groups is 1. The van der Waals surface area contributed by atoms with E-state index in [1.165, 1.54) is 12.8 Å². The van der Waals surface area contributed by atoms with E-state index in [1.807, 2.05) is 4.90 Å². The average Bonchev–Trinajstić information content (AvgIpc) is 3.26. The second-order valence-corrected chi connectivity index (χ2v) is 5.77. The van der Waals surface area contributed by atoms with Gasteiger partial charge in [0.2, 0.25) is 5.91 Å². The summed E-state index contributed by atoms with van der Waals surface area (Å²) in [5.41, 5.74) is 0. The standard InChI is InChI=1S/C15H28N2O3/c1-19-11-12-20-10-3-2-8-17-9-4-5-14(15(17)18)16-13-6-7-13/h13-14,16H,2-12H2,1H3. The first-order valence-electron chi connectivity index (χ1n) is 7.93. The molecule has 1 saturated heterocycles. The molecule has 20 heavy (non-hydrogen) atoms. The molecule has 2 fully saturated rings. The van der Waals surface area contributed by atoms with Gasteiger partial charge in [-0.25, -0.2) is 0 Å². The number of piperidine rings is 1. The number of ether oxygens (including phenoxy) is 2. The first kappa shape index (κ1) is 15.7. The van der Waals surface area contributed by atoms with Crippen molar-refractivity contribution in [2.45, 2.75) is 50.6 Å². The number of likely N-dealkylation sites (tertiary alicyclic amines) is 1. The summed E-state index contributed by atoms with van der Waals surface area (Å²) in [6, 6.07) is 0.687. The van der Waals surface area contributed by atoms with Crippen LogP contribution in [0.15, 0.2) is 0 Å². The molecular weight excluding hydrogens is 256 g/mol. The van der Waals surface area contributed by atoms with Crippen molar-refractivity contribution >= 4 is 5.91 Å². The van der Waals surface area contributed by atoms with E-state index in [-0.39, 0.29) is 6.04 Å². The lowest BCUT2D eigenvalue weighted by molar-refractivity contribution is -0.136. The van der Waals surface area contributed by atoms with E-state index >= 15 is 0 Å². The van der Waals surface area contributed by atoms with E-state index in [9.17, 15) is 4.79 Å². The summed E-state index contributed by atoms with van der Waals surface area (Å²) in [7, 11) is 1.68. The highest BCUT2D eigenvalue weighted by atomic mass is 16.5. The molecule has 5 heteroatoms. The predicted octanol–water partition coefficient (Wildman–Crippen LogP) is 1.17. The van der Waals surface area contributed by atoms with Crippen molar-refractivity contribution in [2.24, 2.45) is 0 Å². The van der Waals surface area contributed by atoms with Crippen LogP contribution < -0.4 is 5.32 Å². The van der Waals surface area contributed by atoms with E-state index in [0.29, 0.717) is 25.2 Å². The van der Waals surface area contributed by atoms with Crippen LogP contribution in [0, 0.1) is 0 Å². The van der Waals surface area contributed by atoms with E-state index < -0.39 is 0 Å². The summed E-state index contributed by atoms with van der Waals surface area (Å²) in [5.74, 6) is 0.309. The number of rotatable bonds is 10. The number of hydrogen-bond acceptors (Lipinski definition) is 4. The highest BCUT2D eigenvalue weighted by Crippen LogP contribution is 2.22. The number of unbranched alkanes of at least 4 members (excludes halogenated alkanes) is 1. The van der Waals surface area contributed by atoms with Crippen molar-refractivity contribution in [2.75, 3.05) is 40.0 Å². The third-order valence-corrected chi connectivity index (χ3v) is 3.94. The third-order valence-electron chi connectivity index (χ3n) is 3.94. The van der Waals surface area contributed by atoms with E-state index in [0.717, 1.165) is 45.4 Å². The number of nitrogens with zero attached hydrogens (tertiary/aromatic N) is 1. The van der Waals surface area contributed by atoms with Crippen LogP contribution in [0.5, 0.6) is 0 Å². The molecule has 0 spiro atoms. The highest BCUT2D eigenvalue weighted by molar-refractivity contribution is 5.82. The minimum absolute atomic E-state index is 0.0780. The summed E-state index contributed by atoms with van der Waals surface area (Å²) >= 11 is 0. The van der Waals surface area contributed by atoms with Crippen molar-refractivity contribution in [3.8, 4) is 0 Å². The van der Waals surface area contributed by atoms with Gasteiger partial charge in [-0.15, -0.1) is 0 Å².